The molecule has 248 valence electrons. The lowest BCUT2D eigenvalue weighted by Gasteiger charge is -2.30. The monoisotopic (exact) mass is 672 g/mol. The van der Waals surface area contributed by atoms with Gasteiger partial charge in [-0.2, -0.15) is 0 Å². The molecule has 2 aromatic carbocycles. The Morgan fingerprint density at radius 1 is 0.960 bits per heavy atom. The van der Waals surface area contributed by atoms with Crippen molar-refractivity contribution in [3.05, 3.63) is 165 Å². The van der Waals surface area contributed by atoms with Crippen LogP contribution in [0.5, 0.6) is 5.75 Å². The van der Waals surface area contributed by atoms with Gasteiger partial charge >= 0.3 is 0 Å². The highest BCUT2D eigenvalue weighted by atomic mass is 32.2. The van der Waals surface area contributed by atoms with Gasteiger partial charge in [0, 0.05) is 22.6 Å². The zero-order valence-corrected chi connectivity index (χ0v) is 28.7. The summed E-state index contributed by atoms with van der Waals surface area (Å²) in [7, 11) is 0. The van der Waals surface area contributed by atoms with E-state index in [1.54, 1.807) is 0 Å². The van der Waals surface area contributed by atoms with Crippen LogP contribution in [0.2, 0.25) is 0 Å². The van der Waals surface area contributed by atoms with Crippen LogP contribution in [0.4, 0.5) is 0 Å². The van der Waals surface area contributed by atoms with E-state index in [4.69, 9.17) is 20.9 Å². The maximum atomic E-state index is 9.10. The summed E-state index contributed by atoms with van der Waals surface area (Å²) in [6, 6.07) is 17.0. The molecule has 0 fully saturated rings. The van der Waals surface area contributed by atoms with Crippen LogP contribution in [0.3, 0.4) is 0 Å². The van der Waals surface area contributed by atoms with E-state index in [-0.39, 0.29) is 23.4 Å². The highest BCUT2D eigenvalue weighted by Gasteiger charge is 2.38. The standard InChI is InChI=1S/C44H40N4OS/c45-42(50-43(46)37-18-9-17-36-35-15-6-7-19-40(35)49-41(36)37)31-23-21-27-20-22-30(24-32(27)25-31)38-26-39(48-44(47-38)29-11-2-1-3-12-29)34-16-8-13-28-10-4-5-14-33(28)34/h2,4-7,9-15,17-19,21-27,37,39,41-42,46H,1,3,8,16,20,45H2,(H,47,48). The second-order valence-corrected chi connectivity index (χ2v) is 14.9. The van der Waals surface area contributed by atoms with E-state index in [1.165, 1.54) is 38.9 Å². The lowest BCUT2D eigenvalue weighted by Crippen LogP contribution is -2.43. The zero-order valence-electron chi connectivity index (χ0n) is 27.9. The molecule has 0 amide bonds. The van der Waals surface area contributed by atoms with Crippen molar-refractivity contribution in [1.82, 2.24) is 5.32 Å². The minimum atomic E-state index is -0.363. The molecule has 0 bridgehead atoms. The van der Waals surface area contributed by atoms with Gasteiger partial charge in [0.15, 0.2) is 0 Å². The molecule has 5 nitrogen and oxygen atoms in total. The van der Waals surface area contributed by atoms with Gasteiger partial charge in [0.25, 0.3) is 0 Å². The van der Waals surface area contributed by atoms with E-state index in [1.807, 2.05) is 24.3 Å². The van der Waals surface area contributed by atoms with Gasteiger partial charge in [-0.3, -0.25) is 5.41 Å². The average molecular weight is 673 g/mol. The van der Waals surface area contributed by atoms with Gasteiger partial charge in [-0.1, -0.05) is 121 Å². The summed E-state index contributed by atoms with van der Waals surface area (Å²) < 4.78 is 6.33. The van der Waals surface area contributed by atoms with Gasteiger partial charge in [0.1, 0.15) is 17.7 Å². The van der Waals surface area contributed by atoms with E-state index in [0.29, 0.717) is 11.0 Å². The third kappa shape index (κ3) is 5.76. The van der Waals surface area contributed by atoms with Crippen LogP contribution in [0.15, 0.2) is 154 Å². The third-order valence-corrected chi connectivity index (χ3v) is 11.7. The van der Waals surface area contributed by atoms with Gasteiger partial charge in [0.05, 0.1) is 28.1 Å². The normalized spacial score (nSPS) is 26.4. The lowest BCUT2D eigenvalue weighted by molar-refractivity contribution is 0.256. The quantitative estimate of drug-likeness (QED) is 0.171. The van der Waals surface area contributed by atoms with E-state index in [9.17, 15) is 0 Å². The van der Waals surface area contributed by atoms with E-state index in [2.05, 4.69) is 109 Å². The Kier molecular flexibility index (Phi) is 8.14. The Morgan fingerprint density at radius 3 is 2.78 bits per heavy atom. The number of nitrogens with one attached hydrogen (secondary N) is 2. The van der Waals surface area contributed by atoms with Crippen LogP contribution in [0.1, 0.15) is 37.7 Å². The number of para-hydroxylation sites is 1. The molecule has 6 heteroatoms. The molecule has 5 atom stereocenters. The molecule has 2 aliphatic heterocycles. The first-order valence-corrected chi connectivity index (χ1v) is 18.7. The number of nitrogens with two attached hydrogens (primary N) is 1. The molecule has 7 aliphatic rings. The summed E-state index contributed by atoms with van der Waals surface area (Å²) in [4.78, 5) is 5.25. The molecule has 5 unspecified atom stereocenters. The molecule has 50 heavy (non-hydrogen) atoms. The van der Waals surface area contributed by atoms with Gasteiger partial charge in [-0.05, 0) is 83.1 Å². The van der Waals surface area contributed by atoms with Crippen molar-refractivity contribution in [2.24, 2.45) is 22.6 Å². The minimum absolute atomic E-state index is 0.0645. The number of ether oxygens (including phenoxy) is 1. The van der Waals surface area contributed by atoms with Crippen molar-refractivity contribution in [3.8, 4) is 5.75 Å². The predicted molar refractivity (Wildman–Crippen MR) is 208 cm³/mol. The van der Waals surface area contributed by atoms with Crippen molar-refractivity contribution < 1.29 is 4.74 Å². The fraction of sp³-hybridized carbons (Fsp3) is 0.227. The van der Waals surface area contributed by atoms with E-state index < -0.39 is 0 Å². The molecule has 0 aromatic heterocycles. The molecular formula is C44H40N4OS. The van der Waals surface area contributed by atoms with Crippen molar-refractivity contribution in [2.45, 2.75) is 49.6 Å². The highest BCUT2D eigenvalue weighted by molar-refractivity contribution is 8.14. The maximum Gasteiger partial charge on any atom is 0.137 e. The van der Waals surface area contributed by atoms with Crippen LogP contribution < -0.4 is 26.2 Å². The molecule has 0 saturated carbocycles. The molecule has 4 N–H and O–H groups in total. The molecule has 2 heterocycles. The Morgan fingerprint density at radius 2 is 1.86 bits per heavy atom. The number of amidine groups is 1. The van der Waals surface area contributed by atoms with Crippen LogP contribution in [0, 0.1) is 17.2 Å². The largest absolute Gasteiger partial charge is 0.484 e. The average Bonchev–Trinajstić information content (AvgIpc) is 3.56. The number of aliphatic imine (C=N–C) groups is 1. The van der Waals surface area contributed by atoms with Crippen LogP contribution in [-0.4, -0.2) is 28.4 Å². The predicted octanol–water partition coefficient (Wildman–Crippen LogP) is 7.34. The number of allylic oxidation sites excluding steroid dienone is 9. The van der Waals surface area contributed by atoms with Crippen LogP contribution in [-0.2, 0) is 0 Å². The zero-order chi connectivity index (χ0) is 33.6. The summed E-state index contributed by atoms with van der Waals surface area (Å²) in [6.45, 7) is 0. The Labute approximate surface area is 297 Å². The van der Waals surface area contributed by atoms with E-state index in [0.717, 1.165) is 71.7 Å². The molecule has 9 rings (SSSR count). The van der Waals surface area contributed by atoms with Crippen LogP contribution >= 0.6 is 11.8 Å². The van der Waals surface area contributed by atoms with Crippen LogP contribution in [0.25, 0.3) is 17.2 Å². The van der Waals surface area contributed by atoms with E-state index >= 15 is 0 Å². The second kappa shape index (κ2) is 13.1. The van der Waals surface area contributed by atoms with Gasteiger partial charge < -0.3 is 15.8 Å². The van der Waals surface area contributed by atoms with Gasteiger partial charge in [-0.25, -0.2) is 4.99 Å². The number of benzene rings is 2. The summed E-state index contributed by atoms with van der Waals surface area (Å²) in [5.74, 6) is 1.97. The number of hydrogen-bond acceptors (Lipinski definition) is 6. The molecule has 0 radical (unpaired) electrons. The lowest BCUT2D eigenvalue weighted by atomic mass is 9.82. The fourth-order valence-corrected chi connectivity index (χ4v) is 8.94. The third-order valence-electron chi connectivity index (χ3n) is 10.6. The summed E-state index contributed by atoms with van der Waals surface area (Å²) >= 11 is 1.42. The fourth-order valence-electron chi connectivity index (χ4n) is 8.03. The second-order valence-electron chi connectivity index (χ2n) is 13.7. The highest BCUT2D eigenvalue weighted by Crippen LogP contribution is 2.44. The van der Waals surface area contributed by atoms with Crippen molar-refractivity contribution in [2.75, 3.05) is 0 Å². The van der Waals surface area contributed by atoms with Crippen molar-refractivity contribution >= 4 is 39.9 Å². The Hall–Kier alpha value is -4.91. The maximum absolute atomic E-state index is 9.10. The number of rotatable bonds is 6. The van der Waals surface area contributed by atoms with Gasteiger partial charge in [0.2, 0.25) is 0 Å². The molecular weight excluding hydrogens is 633 g/mol. The summed E-state index contributed by atoms with van der Waals surface area (Å²) in [5.41, 5.74) is 16.1. The topological polar surface area (TPSA) is 83.5 Å². The first-order chi connectivity index (χ1) is 24.6. The minimum Gasteiger partial charge on any atom is -0.484 e. The van der Waals surface area contributed by atoms with Crippen molar-refractivity contribution in [3.63, 3.8) is 0 Å². The number of fused-ring (bicyclic) bond motifs is 5. The molecule has 0 spiro atoms. The first kappa shape index (κ1) is 31.1. The summed E-state index contributed by atoms with van der Waals surface area (Å²) in [5, 5.41) is 15.7. The Bertz CT molecular complexity index is 2240. The Balaban J connectivity index is 0.981. The number of hydrogen-bond donors (Lipinski definition) is 3. The number of nitrogens with zero attached hydrogens (tertiary/aromatic N) is 1. The molecule has 5 aliphatic carbocycles. The van der Waals surface area contributed by atoms with Crippen molar-refractivity contribution in [1.29, 1.82) is 5.41 Å². The molecule has 0 saturated heterocycles. The SMILES string of the molecule is N=C(SC(N)C1=CC2=CC(C3=CC(C4=c5ccccc5=CCC4)NC(C4=CCCC=C4)=N3)=CCC2C=C1)C1C=CC=C2c3ccccc3OC21. The summed E-state index contributed by atoms with van der Waals surface area (Å²) in [6.07, 6.45) is 33.9. The smallest absolute Gasteiger partial charge is 0.137 e. The van der Waals surface area contributed by atoms with Gasteiger partial charge in [-0.15, -0.1) is 0 Å². The molecule has 2 aromatic rings. The first-order valence-electron chi connectivity index (χ1n) is 17.8. The number of thioether (sulfide) groups is 1.